The minimum atomic E-state index is -3.50. The molecule has 3 saturated carbocycles. The quantitative estimate of drug-likeness (QED) is 0.274. The second kappa shape index (κ2) is 10.2. The fourth-order valence-corrected chi connectivity index (χ4v) is 6.03. The maximum Gasteiger partial charge on any atom is 0.303 e. The predicted octanol–water partition coefficient (Wildman–Crippen LogP) is 4.80. The second-order valence-electron chi connectivity index (χ2n) is 8.08. The zero-order chi connectivity index (χ0) is 20.9. The summed E-state index contributed by atoms with van der Waals surface area (Å²) in [7, 11) is -3.50. The number of halogens is 1. The highest BCUT2D eigenvalue weighted by Gasteiger charge is 2.42. The molecule has 1 aromatic carbocycles. The van der Waals surface area contributed by atoms with Crippen LogP contribution in [-0.2, 0) is 14.8 Å². The minimum Gasteiger partial charge on any atom is -0.481 e. The number of allylic oxidation sites excluding steroid dienone is 2. The van der Waals surface area contributed by atoms with E-state index in [-0.39, 0.29) is 12.5 Å². The summed E-state index contributed by atoms with van der Waals surface area (Å²) in [6.07, 6.45) is 11.7. The molecule has 4 rings (SSSR count). The first kappa shape index (κ1) is 22.5. The maximum absolute atomic E-state index is 12.6. The van der Waals surface area contributed by atoms with Crippen LogP contribution >= 0.6 is 22.6 Å². The molecule has 0 radical (unpaired) electrons. The molecule has 4 unspecified atom stereocenters. The van der Waals surface area contributed by atoms with Gasteiger partial charge in [0.2, 0.25) is 10.0 Å². The molecule has 1 aromatic rings. The van der Waals surface area contributed by atoms with Gasteiger partial charge in [-0.1, -0.05) is 30.7 Å². The zero-order valence-electron chi connectivity index (χ0n) is 16.3. The van der Waals surface area contributed by atoms with E-state index in [0.29, 0.717) is 24.2 Å². The zero-order valence-corrected chi connectivity index (χ0v) is 19.3. The molecule has 2 N–H and O–H groups in total. The number of hydrogen-bond acceptors (Lipinski definition) is 3. The van der Waals surface area contributed by atoms with Gasteiger partial charge >= 0.3 is 5.97 Å². The fourth-order valence-electron chi connectivity index (χ4n) is 4.56. The van der Waals surface area contributed by atoms with E-state index in [0.717, 1.165) is 34.8 Å². The Kier molecular flexibility index (Phi) is 7.92. The van der Waals surface area contributed by atoms with E-state index in [1.54, 1.807) is 6.08 Å². The number of carboxylic acid groups (broad SMARTS) is 1. The van der Waals surface area contributed by atoms with Gasteiger partial charge in [-0.3, -0.25) is 4.79 Å². The Morgan fingerprint density at radius 3 is 2.66 bits per heavy atom. The third-order valence-corrected chi connectivity index (χ3v) is 7.78. The van der Waals surface area contributed by atoms with Crippen LogP contribution in [0.4, 0.5) is 0 Å². The largest absolute Gasteiger partial charge is 0.481 e. The van der Waals surface area contributed by atoms with Crippen LogP contribution in [0.2, 0.25) is 0 Å². The molecule has 4 atom stereocenters. The molecule has 0 heterocycles. The van der Waals surface area contributed by atoms with Crippen molar-refractivity contribution in [2.24, 2.45) is 17.8 Å². The van der Waals surface area contributed by atoms with E-state index in [4.69, 9.17) is 5.11 Å². The lowest BCUT2D eigenvalue weighted by molar-refractivity contribution is -0.137. The molecule has 29 heavy (non-hydrogen) atoms. The van der Waals surface area contributed by atoms with Gasteiger partial charge < -0.3 is 5.11 Å². The van der Waals surface area contributed by atoms with E-state index in [2.05, 4.69) is 39.5 Å². The molecule has 158 valence electrons. The third kappa shape index (κ3) is 6.93. The SMILES string of the molecule is O=C(O)CCC/C=C/C1CC2CCC1C(NS(=O)(=O)/C=C/c1ccc(I)cc1)C2. The van der Waals surface area contributed by atoms with Crippen LogP contribution in [0, 0.1) is 21.3 Å². The Labute approximate surface area is 186 Å². The molecule has 3 fully saturated rings. The predicted molar refractivity (Wildman–Crippen MR) is 124 cm³/mol. The van der Waals surface area contributed by atoms with Gasteiger partial charge in [-0.25, -0.2) is 13.1 Å². The van der Waals surface area contributed by atoms with Crippen LogP contribution in [0.3, 0.4) is 0 Å². The topological polar surface area (TPSA) is 83.5 Å². The van der Waals surface area contributed by atoms with Crippen LogP contribution in [0.1, 0.15) is 50.5 Å². The molecule has 3 aliphatic rings. The highest BCUT2D eigenvalue weighted by molar-refractivity contribution is 14.1. The summed E-state index contributed by atoms with van der Waals surface area (Å²) >= 11 is 2.22. The van der Waals surface area contributed by atoms with Gasteiger partial charge in [0.15, 0.2) is 0 Å². The van der Waals surface area contributed by atoms with Crippen LogP contribution in [0.5, 0.6) is 0 Å². The molecular weight excluding hydrogens is 501 g/mol. The van der Waals surface area contributed by atoms with E-state index >= 15 is 0 Å². The third-order valence-electron chi connectivity index (χ3n) is 5.94. The highest BCUT2D eigenvalue weighted by Crippen LogP contribution is 2.46. The Balaban J connectivity index is 1.59. The lowest BCUT2D eigenvalue weighted by Crippen LogP contribution is -2.49. The number of unbranched alkanes of at least 4 members (excludes halogenated alkanes) is 1. The van der Waals surface area contributed by atoms with Gasteiger partial charge in [-0.2, -0.15) is 0 Å². The van der Waals surface area contributed by atoms with Gasteiger partial charge in [0.1, 0.15) is 0 Å². The van der Waals surface area contributed by atoms with Gasteiger partial charge in [0.25, 0.3) is 0 Å². The number of rotatable bonds is 9. The van der Waals surface area contributed by atoms with Crippen LogP contribution in [0.15, 0.2) is 41.8 Å². The number of fused-ring (bicyclic) bond motifs is 3. The molecule has 3 aliphatic carbocycles. The summed E-state index contributed by atoms with van der Waals surface area (Å²) in [6, 6.07) is 7.69. The molecule has 0 aliphatic heterocycles. The average Bonchev–Trinajstić information content (AvgIpc) is 2.67. The first-order valence-electron chi connectivity index (χ1n) is 10.2. The van der Waals surface area contributed by atoms with Crippen molar-refractivity contribution in [1.82, 2.24) is 4.72 Å². The van der Waals surface area contributed by atoms with Crippen molar-refractivity contribution in [1.29, 1.82) is 0 Å². The molecule has 0 spiro atoms. The average molecular weight is 529 g/mol. The van der Waals surface area contributed by atoms with Crippen LogP contribution in [0.25, 0.3) is 6.08 Å². The Hall–Kier alpha value is -1.19. The molecule has 0 aromatic heterocycles. The van der Waals surface area contributed by atoms with Crippen molar-refractivity contribution in [3.8, 4) is 0 Å². The smallest absolute Gasteiger partial charge is 0.303 e. The van der Waals surface area contributed by atoms with Gasteiger partial charge in [-0.05, 0) is 96.2 Å². The number of carboxylic acids is 1. The summed E-state index contributed by atoms with van der Waals surface area (Å²) in [5, 5.41) is 10.00. The van der Waals surface area contributed by atoms with Gasteiger partial charge in [0.05, 0.1) is 0 Å². The number of nitrogens with one attached hydrogen (secondary N) is 1. The van der Waals surface area contributed by atoms with Crippen molar-refractivity contribution < 1.29 is 18.3 Å². The summed E-state index contributed by atoms with van der Waals surface area (Å²) in [5.74, 6) is 0.488. The molecule has 5 nitrogen and oxygen atoms in total. The molecule has 7 heteroatoms. The maximum atomic E-state index is 12.6. The first-order valence-corrected chi connectivity index (χ1v) is 12.8. The van der Waals surface area contributed by atoms with Crippen molar-refractivity contribution in [3.05, 3.63) is 51.0 Å². The van der Waals surface area contributed by atoms with Crippen molar-refractivity contribution in [2.75, 3.05) is 0 Å². The molecule has 0 saturated heterocycles. The molecular formula is C22H28INO4S. The lowest BCUT2D eigenvalue weighted by atomic mass is 9.62. The Bertz CT molecular complexity index is 863. The number of carbonyl (C=O) groups is 1. The fraction of sp³-hybridized carbons (Fsp3) is 0.500. The number of aliphatic carboxylic acids is 1. The summed E-state index contributed by atoms with van der Waals surface area (Å²) in [5.41, 5.74) is 0.864. The van der Waals surface area contributed by atoms with Crippen molar-refractivity contribution in [3.63, 3.8) is 0 Å². The normalized spacial score (nSPS) is 27.1. The van der Waals surface area contributed by atoms with Gasteiger partial charge in [0, 0.05) is 21.4 Å². The van der Waals surface area contributed by atoms with Crippen molar-refractivity contribution >= 4 is 44.7 Å². The van der Waals surface area contributed by atoms with Crippen LogP contribution in [-0.4, -0.2) is 25.5 Å². The summed E-state index contributed by atoms with van der Waals surface area (Å²) < 4.78 is 29.3. The van der Waals surface area contributed by atoms with E-state index in [1.807, 2.05) is 24.3 Å². The Morgan fingerprint density at radius 1 is 1.21 bits per heavy atom. The Morgan fingerprint density at radius 2 is 1.97 bits per heavy atom. The van der Waals surface area contributed by atoms with E-state index in [9.17, 15) is 13.2 Å². The standard InChI is InChI=1S/C22H28INO4S/c23-19-9-6-16(7-10-19)12-13-29(27,28)24-21-15-17-8-11-20(21)18(14-17)4-2-1-3-5-22(25)26/h2,4,6-7,9-10,12-13,17-18,20-21,24H,1,3,5,8,11,14-15H2,(H,25,26)/b4-2+,13-12+. The number of hydrogen-bond donors (Lipinski definition) is 2. The van der Waals surface area contributed by atoms with E-state index in [1.165, 1.54) is 11.8 Å². The van der Waals surface area contributed by atoms with Gasteiger partial charge in [-0.15, -0.1) is 0 Å². The number of benzene rings is 1. The van der Waals surface area contributed by atoms with Crippen LogP contribution < -0.4 is 4.72 Å². The monoisotopic (exact) mass is 529 g/mol. The highest BCUT2D eigenvalue weighted by atomic mass is 127. The summed E-state index contributed by atoms with van der Waals surface area (Å²) in [6.45, 7) is 0. The second-order valence-corrected chi connectivity index (χ2v) is 10.9. The first-order chi connectivity index (χ1) is 13.8. The molecule has 2 bridgehead atoms. The van der Waals surface area contributed by atoms with E-state index < -0.39 is 16.0 Å². The minimum absolute atomic E-state index is 0.0254. The number of sulfonamides is 1. The molecule has 0 amide bonds. The lowest BCUT2D eigenvalue weighted by Gasteiger charge is -2.46. The van der Waals surface area contributed by atoms with Crippen molar-refractivity contribution in [2.45, 2.75) is 51.0 Å². The summed E-state index contributed by atoms with van der Waals surface area (Å²) in [4.78, 5) is 10.6.